The van der Waals surface area contributed by atoms with Gasteiger partial charge in [-0.05, 0) is 25.3 Å². The Morgan fingerprint density at radius 3 is 2.47 bits per heavy atom. The van der Waals surface area contributed by atoms with Crippen LogP contribution in [0.1, 0.15) is 36.8 Å². The average molecular weight is 257 g/mol. The van der Waals surface area contributed by atoms with E-state index in [-0.39, 0.29) is 5.92 Å². The van der Waals surface area contributed by atoms with Crippen LogP contribution in [-0.2, 0) is 0 Å². The molecule has 3 N–H and O–H groups in total. The number of rotatable bonds is 4. The molecule has 2 aromatic rings. The van der Waals surface area contributed by atoms with Crippen molar-refractivity contribution in [3.05, 3.63) is 41.3 Å². The summed E-state index contributed by atoms with van der Waals surface area (Å²) in [6.45, 7) is 9.18. The minimum atomic E-state index is 0.288. The second kappa shape index (κ2) is 5.57. The Kier molecular flexibility index (Phi) is 4.05. The Labute approximate surface area is 115 Å². The lowest BCUT2D eigenvalue weighted by Crippen LogP contribution is -2.19. The number of imidazole rings is 1. The van der Waals surface area contributed by atoms with Crippen LogP contribution in [0.4, 0.5) is 0 Å². The van der Waals surface area contributed by atoms with Crippen molar-refractivity contribution in [3.8, 4) is 11.3 Å². The fraction of sp³-hybridized carbons (Fsp3) is 0.438. The summed E-state index contributed by atoms with van der Waals surface area (Å²) < 4.78 is 0. The SMILES string of the molecule is Cc1ccccc1-c1nc(C(CN)C(C)C)[nH]c1C. The molecule has 0 radical (unpaired) electrons. The van der Waals surface area contributed by atoms with E-state index in [0.717, 1.165) is 17.2 Å². The summed E-state index contributed by atoms with van der Waals surface area (Å²) in [5.41, 5.74) is 10.5. The fourth-order valence-electron chi connectivity index (χ4n) is 2.46. The summed E-state index contributed by atoms with van der Waals surface area (Å²) in [7, 11) is 0. The van der Waals surface area contributed by atoms with E-state index in [2.05, 4.69) is 56.9 Å². The van der Waals surface area contributed by atoms with Crippen LogP contribution in [0.15, 0.2) is 24.3 Å². The van der Waals surface area contributed by atoms with Crippen molar-refractivity contribution in [2.24, 2.45) is 11.7 Å². The molecule has 0 bridgehead atoms. The number of aryl methyl sites for hydroxylation is 2. The van der Waals surface area contributed by atoms with Gasteiger partial charge in [0.25, 0.3) is 0 Å². The topological polar surface area (TPSA) is 54.7 Å². The van der Waals surface area contributed by atoms with E-state index in [9.17, 15) is 0 Å². The van der Waals surface area contributed by atoms with E-state index in [1.54, 1.807) is 0 Å². The van der Waals surface area contributed by atoms with E-state index >= 15 is 0 Å². The number of H-pyrrole nitrogens is 1. The molecule has 1 aromatic carbocycles. The van der Waals surface area contributed by atoms with Gasteiger partial charge in [-0.15, -0.1) is 0 Å². The number of hydrogen-bond acceptors (Lipinski definition) is 2. The molecule has 19 heavy (non-hydrogen) atoms. The highest BCUT2D eigenvalue weighted by Gasteiger charge is 2.20. The molecule has 102 valence electrons. The van der Waals surface area contributed by atoms with Crippen LogP contribution < -0.4 is 5.73 Å². The maximum absolute atomic E-state index is 5.87. The molecule has 2 rings (SSSR count). The predicted octanol–water partition coefficient (Wildman–Crippen LogP) is 3.39. The van der Waals surface area contributed by atoms with Crippen LogP contribution in [0.2, 0.25) is 0 Å². The van der Waals surface area contributed by atoms with Crippen molar-refractivity contribution in [1.29, 1.82) is 0 Å². The summed E-state index contributed by atoms with van der Waals surface area (Å²) >= 11 is 0. The molecule has 1 aromatic heterocycles. The van der Waals surface area contributed by atoms with Gasteiger partial charge in [-0.25, -0.2) is 4.98 Å². The van der Waals surface area contributed by atoms with E-state index in [4.69, 9.17) is 10.7 Å². The molecule has 3 nitrogen and oxygen atoms in total. The van der Waals surface area contributed by atoms with Crippen LogP contribution in [0.25, 0.3) is 11.3 Å². The van der Waals surface area contributed by atoms with Crippen molar-refractivity contribution in [1.82, 2.24) is 9.97 Å². The second-order valence-corrected chi connectivity index (χ2v) is 5.50. The molecule has 0 aliphatic carbocycles. The third-order valence-electron chi connectivity index (χ3n) is 3.71. The normalized spacial score (nSPS) is 12.9. The van der Waals surface area contributed by atoms with Crippen molar-refractivity contribution in [2.45, 2.75) is 33.6 Å². The molecular formula is C16H23N3. The van der Waals surface area contributed by atoms with Gasteiger partial charge in [-0.1, -0.05) is 38.1 Å². The van der Waals surface area contributed by atoms with Gasteiger partial charge < -0.3 is 10.7 Å². The summed E-state index contributed by atoms with van der Waals surface area (Å²) in [6.07, 6.45) is 0. The number of nitrogens with zero attached hydrogens (tertiary/aromatic N) is 1. The molecule has 0 fully saturated rings. The molecule has 0 amide bonds. The first kappa shape index (κ1) is 13.8. The minimum Gasteiger partial charge on any atom is -0.345 e. The quantitative estimate of drug-likeness (QED) is 0.882. The second-order valence-electron chi connectivity index (χ2n) is 5.50. The Balaban J connectivity index is 2.45. The van der Waals surface area contributed by atoms with Crippen molar-refractivity contribution in [2.75, 3.05) is 6.54 Å². The molecule has 1 unspecified atom stereocenters. The Morgan fingerprint density at radius 1 is 1.21 bits per heavy atom. The average Bonchev–Trinajstić information content (AvgIpc) is 2.72. The van der Waals surface area contributed by atoms with Gasteiger partial charge in [-0.3, -0.25) is 0 Å². The third kappa shape index (κ3) is 2.71. The lowest BCUT2D eigenvalue weighted by atomic mass is 9.95. The largest absolute Gasteiger partial charge is 0.345 e. The molecule has 0 saturated carbocycles. The highest BCUT2D eigenvalue weighted by atomic mass is 14.9. The maximum atomic E-state index is 5.87. The van der Waals surface area contributed by atoms with Gasteiger partial charge in [0.05, 0.1) is 5.69 Å². The van der Waals surface area contributed by atoms with Crippen LogP contribution in [0.5, 0.6) is 0 Å². The Morgan fingerprint density at radius 2 is 1.89 bits per heavy atom. The van der Waals surface area contributed by atoms with Gasteiger partial charge in [0.15, 0.2) is 0 Å². The zero-order valence-corrected chi connectivity index (χ0v) is 12.2. The Hall–Kier alpha value is -1.61. The number of hydrogen-bond donors (Lipinski definition) is 2. The van der Waals surface area contributed by atoms with Gasteiger partial charge in [-0.2, -0.15) is 0 Å². The highest BCUT2D eigenvalue weighted by molar-refractivity contribution is 5.65. The van der Waals surface area contributed by atoms with Crippen LogP contribution in [0.3, 0.4) is 0 Å². The molecule has 0 aliphatic heterocycles. The van der Waals surface area contributed by atoms with E-state index < -0.39 is 0 Å². The fourth-order valence-corrected chi connectivity index (χ4v) is 2.46. The lowest BCUT2D eigenvalue weighted by molar-refractivity contribution is 0.487. The number of benzene rings is 1. The molecular weight excluding hydrogens is 234 g/mol. The summed E-state index contributed by atoms with van der Waals surface area (Å²) in [5, 5.41) is 0. The van der Waals surface area contributed by atoms with Crippen molar-refractivity contribution in [3.63, 3.8) is 0 Å². The standard InChI is InChI=1S/C16H23N3/c1-10(2)14(9-17)16-18-12(4)15(19-16)13-8-6-5-7-11(13)3/h5-8,10,14H,9,17H2,1-4H3,(H,18,19). The number of nitrogens with one attached hydrogen (secondary N) is 1. The first-order chi connectivity index (χ1) is 9.04. The van der Waals surface area contributed by atoms with E-state index in [1.807, 2.05) is 0 Å². The third-order valence-corrected chi connectivity index (χ3v) is 3.71. The van der Waals surface area contributed by atoms with Gasteiger partial charge in [0.2, 0.25) is 0 Å². The van der Waals surface area contributed by atoms with Gasteiger partial charge >= 0.3 is 0 Å². The van der Waals surface area contributed by atoms with Crippen molar-refractivity contribution < 1.29 is 0 Å². The molecule has 0 aliphatic rings. The predicted molar refractivity (Wildman–Crippen MR) is 80.1 cm³/mol. The molecule has 1 atom stereocenters. The molecule has 0 saturated heterocycles. The van der Waals surface area contributed by atoms with Crippen LogP contribution >= 0.6 is 0 Å². The summed E-state index contributed by atoms with van der Waals surface area (Å²) in [5.74, 6) is 1.78. The lowest BCUT2D eigenvalue weighted by Gasteiger charge is -2.15. The monoisotopic (exact) mass is 257 g/mol. The minimum absolute atomic E-state index is 0.288. The van der Waals surface area contributed by atoms with E-state index in [1.165, 1.54) is 11.1 Å². The van der Waals surface area contributed by atoms with Crippen LogP contribution in [0, 0.1) is 19.8 Å². The maximum Gasteiger partial charge on any atom is 0.111 e. The molecule has 1 heterocycles. The number of aromatic nitrogens is 2. The van der Waals surface area contributed by atoms with Crippen LogP contribution in [-0.4, -0.2) is 16.5 Å². The smallest absolute Gasteiger partial charge is 0.111 e. The van der Waals surface area contributed by atoms with Crippen molar-refractivity contribution >= 4 is 0 Å². The first-order valence-corrected chi connectivity index (χ1v) is 6.87. The zero-order chi connectivity index (χ0) is 14.0. The zero-order valence-electron chi connectivity index (χ0n) is 12.2. The first-order valence-electron chi connectivity index (χ1n) is 6.87. The highest BCUT2D eigenvalue weighted by Crippen LogP contribution is 2.28. The van der Waals surface area contributed by atoms with Gasteiger partial charge in [0, 0.05) is 23.7 Å². The number of aromatic amines is 1. The van der Waals surface area contributed by atoms with Gasteiger partial charge in [0.1, 0.15) is 5.82 Å². The summed E-state index contributed by atoms with van der Waals surface area (Å²) in [6, 6.07) is 8.35. The van der Waals surface area contributed by atoms with E-state index in [0.29, 0.717) is 12.5 Å². The molecule has 0 spiro atoms. The summed E-state index contributed by atoms with van der Waals surface area (Å²) in [4.78, 5) is 8.21. The molecule has 3 heteroatoms. The number of nitrogens with two attached hydrogens (primary N) is 1. The Bertz CT molecular complexity index is 555.